The van der Waals surface area contributed by atoms with Gasteiger partial charge in [0.25, 0.3) is 0 Å². The maximum atomic E-state index is 11.9. The average molecular weight is 311 g/mol. The third-order valence-electron chi connectivity index (χ3n) is 3.01. The van der Waals surface area contributed by atoms with Crippen LogP contribution in [0, 0.1) is 0 Å². The number of benzene rings is 2. The van der Waals surface area contributed by atoms with Crippen LogP contribution in [0.1, 0.15) is 5.56 Å². The molecular weight excluding hydrogens is 298 g/mol. The number of cyclic esters (lactones) is 1. The van der Waals surface area contributed by atoms with Gasteiger partial charge in [0.2, 0.25) is 5.90 Å². The summed E-state index contributed by atoms with van der Waals surface area (Å²) in [6, 6.07) is 16.9. The van der Waals surface area contributed by atoms with E-state index < -0.39 is 5.97 Å². The molecule has 2 aromatic carbocycles. The van der Waals surface area contributed by atoms with Crippen LogP contribution in [-0.2, 0) is 9.53 Å². The minimum absolute atomic E-state index is 0.287. The minimum atomic E-state index is -0.443. The smallest absolute Gasteiger partial charge is 0.364 e. The predicted molar refractivity (Wildman–Crippen MR) is 86.0 cm³/mol. The largest absolute Gasteiger partial charge is 0.496 e. The molecule has 0 saturated heterocycles. The number of rotatable bonds is 4. The van der Waals surface area contributed by atoms with E-state index in [2.05, 4.69) is 4.99 Å². The second-order valence-corrected chi connectivity index (χ2v) is 5.36. The Balaban J connectivity index is 1.82. The highest BCUT2D eigenvalue weighted by Crippen LogP contribution is 2.31. The van der Waals surface area contributed by atoms with Gasteiger partial charge in [-0.05, 0) is 24.3 Å². The second-order valence-electron chi connectivity index (χ2n) is 4.44. The van der Waals surface area contributed by atoms with Crippen LogP contribution in [0.4, 0.5) is 0 Å². The third-order valence-corrected chi connectivity index (χ3v) is 3.94. The maximum absolute atomic E-state index is 11.9. The van der Waals surface area contributed by atoms with Crippen molar-refractivity contribution in [3.63, 3.8) is 0 Å². The summed E-state index contributed by atoms with van der Waals surface area (Å²) in [5.41, 5.74) is 1.07. The summed E-state index contributed by atoms with van der Waals surface area (Å²) in [6.07, 6.45) is 0. The molecule has 0 fully saturated rings. The number of thioether (sulfide) groups is 1. The van der Waals surface area contributed by atoms with Gasteiger partial charge in [0, 0.05) is 11.0 Å². The quantitative estimate of drug-likeness (QED) is 0.491. The highest BCUT2D eigenvalue weighted by atomic mass is 32.2. The fourth-order valence-electron chi connectivity index (χ4n) is 1.93. The van der Waals surface area contributed by atoms with E-state index in [4.69, 9.17) is 9.47 Å². The Morgan fingerprint density at radius 1 is 1.09 bits per heavy atom. The van der Waals surface area contributed by atoms with E-state index in [9.17, 15) is 4.79 Å². The monoisotopic (exact) mass is 311 g/mol. The number of ether oxygens (including phenoxy) is 2. The molecule has 1 heterocycles. The third kappa shape index (κ3) is 3.04. The zero-order valence-electron chi connectivity index (χ0n) is 11.9. The number of methoxy groups -OCH3 is 1. The SMILES string of the molecule is COc1ccccc1S/C=C1/N=C(c2ccccc2)OC1=O. The molecule has 0 aliphatic carbocycles. The highest BCUT2D eigenvalue weighted by molar-refractivity contribution is 8.02. The Hall–Kier alpha value is -2.53. The Kier molecular flexibility index (Phi) is 4.25. The molecule has 0 bridgehead atoms. The predicted octanol–water partition coefficient (Wildman–Crippen LogP) is 3.63. The highest BCUT2D eigenvalue weighted by Gasteiger charge is 2.24. The first kappa shape index (κ1) is 14.4. The van der Waals surface area contributed by atoms with Crippen LogP contribution >= 0.6 is 11.8 Å². The molecule has 3 rings (SSSR count). The molecule has 110 valence electrons. The van der Waals surface area contributed by atoms with E-state index in [0.717, 1.165) is 16.2 Å². The van der Waals surface area contributed by atoms with Crippen LogP contribution in [0.3, 0.4) is 0 Å². The van der Waals surface area contributed by atoms with Crippen LogP contribution in [0.5, 0.6) is 5.75 Å². The Labute approximate surface area is 132 Å². The summed E-state index contributed by atoms with van der Waals surface area (Å²) in [6.45, 7) is 0. The lowest BCUT2D eigenvalue weighted by molar-refractivity contribution is -0.130. The fourth-order valence-corrected chi connectivity index (χ4v) is 2.74. The van der Waals surface area contributed by atoms with E-state index in [1.54, 1.807) is 12.5 Å². The first-order valence-corrected chi connectivity index (χ1v) is 7.52. The molecule has 1 aliphatic heterocycles. The maximum Gasteiger partial charge on any atom is 0.364 e. The summed E-state index contributed by atoms with van der Waals surface area (Å²) >= 11 is 1.37. The molecule has 0 amide bonds. The number of aliphatic imine (C=N–C) groups is 1. The summed E-state index contributed by atoms with van der Waals surface area (Å²) in [5, 5.41) is 1.68. The second kappa shape index (κ2) is 6.49. The summed E-state index contributed by atoms with van der Waals surface area (Å²) < 4.78 is 10.5. The first-order chi connectivity index (χ1) is 10.8. The van der Waals surface area contributed by atoms with Gasteiger partial charge in [-0.1, -0.05) is 42.1 Å². The number of carbonyl (C=O) groups is 1. The van der Waals surface area contributed by atoms with E-state index in [-0.39, 0.29) is 5.70 Å². The molecule has 22 heavy (non-hydrogen) atoms. The summed E-state index contributed by atoms with van der Waals surface area (Å²) in [7, 11) is 1.61. The molecule has 4 nitrogen and oxygen atoms in total. The Morgan fingerprint density at radius 2 is 1.82 bits per heavy atom. The molecule has 0 atom stereocenters. The molecule has 0 N–H and O–H groups in total. The van der Waals surface area contributed by atoms with Crippen LogP contribution in [0.25, 0.3) is 0 Å². The van der Waals surface area contributed by atoms with Gasteiger partial charge in [-0.2, -0.15) is 0 Å². The lowest BCUT2D eigenvalue weighted by atomic mass is 10.2. The van der Waals surface area contributed by atoms with Crippen molar-refractivity contribution in [3.8, 4) is 5.75 Å². The first-order valence-electron chi connectivity index (χ1n) is 6.64. The number of carbonyl (C=O) groups excluding carboxylic acids is 1. The van der Waals surface area contributed by atoms with Crippen LogP contribution < -0.4 is 4.74 Å². The van der Waals surface area contributed by atoms with Gasteiger partial charge in [-0.25, -0.2) is 9.79 Å². The topological polar surface area (TPSA) is 47.9 Å². The van der Waals surface area contributed by atoms with Crippen LogP contribution in [-0.4, -0.2) is 19.0 Å². The van der Waals surface area contributed by atoms with E-state index in [1.807, 2.05) is 54.6 Å². The van der Waals surface area contributed by atoms with Gasteiger partial charge in [-0.15, -0.1) is 0 Å². The normalized spacial score (nSPS) is 15.6. The Bertz CT molecular complexity index is 754. The van der Waals surface area contributed by atoms with E-state index in [0.29, 0.717) is 5.90 Å². The number of para-hydroxylation sites is 1. The van der Waals surface area contributed by atoms with Gasteiger partial charge < -0.3 is 9.47 Å². The molecule has 0 unspecified atom stereocenters. The van der Waals surface area contributed by atoms with Crippen molar-refractivity contribution in [2.75, 3.05) is 7.11 Å². The Morgan fingerprint density at radius 3 is 2.59 bits per heavy atom. The van der Waals surface area contributed by atoms with E-state index >= 15 is 0 Å². The number of esters is 1. The molecule has 2 aromatic rings. The van der Waals surface area contributed by atoms with Crippen molar-refractivity contribution in [2.24, 2.45) is 4.99 Å². The van der Waals surface area contributed by atoms with Crippen molar-refractivity contribution >= 4 is 23.6 Å². The lowest BCUT2D eigenvalue weighted by Crippen LogP contribution is -2.04. The summed E-state index contributed by atoms with van der Waals surface area (Å²) in [4.78, 5) is 17.0. The van der Waals surface area contributed by atoms with Gasteiger partial charge in [0.15, 0.2) is 5.70 Å². The molecule has 1 aliphatic rings. The zero-order chi connectivity index (χ0) is 15.4. The minimum Gasteiger partial charge on any atom is -0.496 e. The molecular formula is C17H13NO3S. The number of hydrogen-bond acceptors (Lipinski definition) is 5. The van der Waals surface area contributed by atoms with Gasteiger partial charge in [0.05, 0.1) is 12.0 Å². The van der Waals surface area contributed by atoms with Gasteiger partial charge in [0.1, 0.15) is 5.75 Å². The molecule has 5 heteroatoms. The van der Waals surface area contributed by atoms with Crippen molar-refractivity contribution in [1.82, 2.24) is 0 Å². The van der Waals surface area contributed by atoms with Crippen LogP contribution in [0.15, 0.2) is 75.6 Å². The summed E-state index contributed by atoms with van der Waals surface area (Å²) in [5.74, 6) is 0.640. The molecule has 0 radical (unpaired) electrons. The number of hydrogen-bond donors (Lipinski definition) is 0. The standard InChI is InChI=1S/C17H13NO3S/c1-20-14-9-5-6-10-15(14)22-11-13-17(19)21-16(18-13)12-7-3-2-4-8-12/h2-11H,1H3/b13-11+. The lowest BCUT2D eigenvalue weighted by Gasteiger charge is -2.04. The fraction of sp³-hybridized carbons (Fsp3) is 0.0588. The molecule has 0 spiro atoms. The van der Waals surface area contributed by atoms with Gasteiger partial charge in [-0.3, -0.25) is 0 Å². The van der Waals surface area contributed by atoms with Crippen molar-refractivity contribution in [2.45, 2.75) is 4.90 Å². The molecule has 0 saturated carbocycles. The van der Waals surface area contributed by atoms with Crippen molar-refractivity contribution in [3.05, 3.63) is 71.3 Å². The van der Waals surface area contributed by atoms with Gasteiger partial charge >= 0.3 is 5.97 Å². The van der Waals surface area contributed by atoms with Crippen molar-refractivity contribution < 1.29 is 14.3 Å². The molecule has 0 aromatic heterocycles. The average Bonchev–Trinajstić information content (AvgIpc) is 2.95. The van der Waals surface area contributed by atoms with Crippen LogP contribution in [0.2, 0.25) is 0 Å². The zero-order valence-corrected chi connectivity index (χ0v) is 12.7. The van der Waals surface area contributed by atoms with Crippen molar-refractivity contribution in [1.29, 1.82) is 0 Å². The van der Waals surface area contributed by atoms with E-state index in [1.165, 1.54) is 11.8 Å². The number of nitrogens with zero attached hydrogens (tertiary/aromatic N) is 1.